The van der Waals surface area contributed by atoms with Gasteiger partial charge in [-0.2, -0.15) is 5.26 Å². The number of allylic oxidation sites excluding steroid dienone is 1. The van der Waals surface area contributed by atoms with Crippen molar-refractivity contribution in [2.24, 2.45) is 5.18 Å². The smallest absolute Gasteiger partial charge is 0.102 e. The molecule has 0 heterocycles. The summed E-state index contributed by atoms with van der Waals surface area (Å²) in [6, 6.07) is 10.8. The lowest BCUT2D eigenvalue weighted by atomic mass is 10.1. The fraction of sp³-hybridized carbons (Fsp3) is 0. The summed E-state index contributed by atoms with van der Waals surface area (Å²) >= 11 is 0. The minimum Gasteiger partial charge on any atom is -0.192 e. The average molecular weight is 158 g/mol. The van der Waals surface area contributed by atoms with Crippen molar-refractivity contribution in [3.8, 4) is 6.07 Å². The lowest BCUT2D eigenvalue weighted by molar-refractivity contribution is 1.48. The van der Waals surface area contributed by atoms with Crippen LogP contribution < -0.4 is 0 Å². The number of rotatable bonds is 2. The number of hydrogen-bond donors (Lipinski definition) is 0. The van der Waals surface area contributed by atoms with Gasteiger partial charge in [0.15, 0.2) is 0 Å². The number of nitrogens with zero attached hydrogens (tertiary/aromatic N) is 2. The summed E-state index contributed by atoms with van der Waals surface area (Å²) in [6.45, 7) is 0. The third kappa shape index (κ3) is 1.77. The van der Waals surface area contributed by atoms with Gasteiger partial charge in [-0.3, -0.25) is 0 Å². The zero-order chi connectivity index (χ0) is 8.81. The number of benzene rings is 1. The van der Waals surface area contributed by atoms with E-state index >= 15 is 0 Å². The lowest BCUT2D eigenvalue weighted by Crippen LogP contribution is -1.78. The SMILES string of the molecule is N#C/C(=C\N=O)c1ccccc1. The van der Waals surface area contributed by atoms with E-state index in [9.17, 15) is 4.91 Å². The first-order valence-electron chi connectivity index (χ1n) is 3.36. The van der Waals surface area contributed by atoms with Crippen LogP contribution in [0.15, 0.2) is 41.7 Å². The van der Waals surface area contributed by atoms with E-state index < -0.39 is 0 Å². The van der Waals surface area contributed by atoms with Gasteiger partial charge in [-0.1, -0.05) is 30.3 Å². The first-order valence-corrected chi connectivity index (χ1v) is 3.36. The van der Waals surface area contributed by atoms with Crippen molar-refractivity contribution in [2.45, 2.75) is 0 Å². The first-order chi connectivity index (χ1) is 5.88. The largest absolute Gasteiger partial charge is 0.192 e. The molecule has 0 aliphatic heterocycles. The van der Waals surface area contributed by atoms with Gasteiger partial charge in [0.1, 0.15) is 6.07 Å². The molecule has 0 bridgehead atoms. The highest BCUT2D eigenvalue weighted by Gasteiger charge is 1.97. The Morgan fingerprint density at radius 1 is 1.42 bits per heavy atom. The predicted molar refractivity (Wildman–Crippen MR) is 45.8 cm³/mol. The second-order valence-corrected chi connectivity index (χ2v) is 2.13. The van der Waals surface area contributed by atoms with Crippen LogP contribution in [0.3, 0.4) is 0 Å². The van der Waals surface area contributed by atoms with Gasteiger partial charge in [0.25, 0.3) is 0 Å². The molecule has 0 fully saturated rings. The summed E-state index contributed by atoms with van der Waals surface area (Å²) in [5.74, 6) is 0. The van der Waals surface area contributed by atoms with Crippen LogP contribution in [0.25, 0.3) is 5.57 Å². The van der Waals surface area contributed by atoms with Gasteiger partial charge in [-0.15, -0.1) is 4.91 Å². The van der Waals surface area contributed by atoms with Crippen molar-refractivity contribution in [1.82, 2.24) is 0 Å². The second-order valence-electron chi connectivity index (χ2n) is 2.13. The third-order valence-electron chi connectivity index (χ3n) is 1.39. The third-order valence-corrected chi connectivity index (χ3v) is 1.39. The van der Waals surface area contributed by atoms with E-state index in [0.29, 0.717) is 5.56 Å². The Labute approximate surface area is 69.9 Å². The van der Waals surface area contributed by atoms with E-state index in [1.807, 2.05) is 12.1 Å². The fourth-order valence-corrected chi connectivity index (χ4v) is 0.838. The Morgan fingerprint density at radius 3 is 2.58 bits per heavy atom. The quantitative estimate of drug-likeness (QED) is 0.489. The Morgan fingerprint density at radius 2 is 2.08 bits per heavy atom. The van der Waals surface area contributed by atoms with Gasteiger partial charge in [-0.05, 0) is 10.7 Å². The minimum absolute atomic E-state index is 0.283. The zero-order valence-corrected chi connectivity index (χ0v) is 6.27. The highest BCUT2D eigenvalue weighted by molar-refractivity contribution is 5.76. The molecule has 0 radical (unpaired) electrons. The van der Waals surface area contributed by atoms with E-state index in [0.717, 1.165) is 6.20 Å². The molecule has 0 aromatic heterocycles. The molecular formula is C9H6N2O. The van der Waals surface area contributed by atoms with Gasteiger partial charge < -0.3 is 0 Å². The molecule has 0 aliphatic rings. The molecule has 1 aromatic carbocycles. The Kier molecular flexibility index (Phi) is 2.74. The van der Waals surface area contributed by atoms with Crippen LogP contribution in [0, 0.1) is 16.2 Å². The van der Waals surface area contributed by atoms with Crippen LogP contribution >= 0.6 is 0 Å². The van der Waals surface area contributed by atoms with Crippen LogP contribution in [-0.4, -0.2) is 0 Å². The minimum atomic E-state index is 0.283. The topological polar surface area (TPSA) is 53.2 Å². The molecule has 0 N–H and O–H groups in total. The van der Waals surface area contributed by atoms with Gasteiger partial charge in [0.05, 0.1) is 11.8 Å². The molecule has 1 aromatic rings. The molecule has 3 nitrogen and oxygen atoms in total. The summed E-state index contributed by atoms with van der Waals surface area (Å²) in [4.78, 5) is 9.87. The van der Waals surface area contributed by atoms with E-state index in [1.54, 1.807) is 24.3 Å². The normalized spacial score (nSPS) is 10.4. The highest BCUT2D eigenvalue weighted by atomic mass is 16.2. The van der Waals surface area contributed by atoms with Crippen LogP contribution in [-0.2, 0) is 0 Å². The van der Waals surface area contributed by atoms with E-state index in [2.05, 4.69) is 5.18 Å². The summed E-state index contributed by atoms with van der Waals surface area (Å²) in [7, 11) is 0. The maximum Gasteiger partial charge on any atom is 0.102 e. The maximum atomic E-state index is 9.87. The monoisotopic (exact) mass is 158 g/mol. The van der Waals surface area contributed by atoms with Crippen molar-refractivity contribution in [2.75, 3.05) is 0 Å². The lowest BCUT2D eigenvalue weighted by Gasteiger charge is -1.93. The summed E-state index contributed by atoms with van der Waals surface area (Å²) in [6.07, 6.45) is 1.01. The molecule has 0 amide bonds. The molecule has 0 saturated heterocycles. The van der Waals surface area contributed by atoms with Gasteiger partial charge in [0.2, 0.25) is 0 Å². The molecule has 12 heavy (non-hydrogen) atoms. The van der Waals surface area contributed by atoms with Crippen LogP contribution in [0.5, 0.6) is 0 Å². The summed E-state index contributed by atoms with van der Waals surface area (Å²) < 4.78 is 0. The van der Waals surface area contributed by atoms with Crippen molar-refractivity contribution in [3.05, 3.63) is 47.0 Å². The Balaban J connectivity index is 3.06. The van der Waals surface area contributed by atoms with E-state index in [1.165, 1.54) is 0 Å². The molecule has 0 aliphatic carbocycles. The Hall–Kier alpha value is -1.95. The van der Waals surface area contributed by atoms with Crippen LogP contribution in [0.2, 0.25) is 0 Å². The van der Waals surface area contributed by atoms with E-state index in [-0.39, 0.29) is 5.57 Å². The number of nitroso groups, excluding NO2 is 1. The van der Waals surface area contributed by atoms with Crippen molar-refractivity contribution >= 4 is 5.57 Å². The maximum absolute atomic E-state index is 9.87. The number of hydrogen-bond acceptors (Lipinski definition) is 3. The highest BCUT2D eigenvalue weighted by Crippen LogP contribution is 2.11. The zero-order valence-electron chi connectivity index (χ0n) is 6.27. The number of nitriles is 1. The average Bonchev–Trinajstić information content (AvgIpc) is 2.15. The molecule has 0 saturated carbocycles. The molecule has 1 rings (SSSR count). The molecule has 58 valence electrons. The van der Waals surface area contributed by atoms with Crippen molar-refractivity contribution in [3.63, 3.8) is 0 Å². The van der Waals surface area contributed by atoms with E-state index in [4.69, 9.17) is 5.26 Å². The molecule has 0 spiro atoms. The molecule has 3 heteroatoms. The fourth-order valence-electron chi connectivity index (χ4n) is 0.838. The predicted octanol–water partition coefficient (Wildman–Crippen LogP) is 2.32. The molecule has 0 atom stereocenters. The van der Waals surface area contributed by atoms with Crippen molar-refractivity contribution < 1.29 is 0 Å². The van der Waals surface area contributed by atoms with Gasteiger partial charge in [0, 0.05) is 0 Å². The first kappa shape index (κ1) is 8.15. The second kappa shape index (κ2) is 4.04. The standard InChI is InChI=1S/C9H6N2O/c10-6-9(7-11-12)8-4-2-1-3-5-8/h1-5,7H/b9-7+. The van der Waals surface area contributed by atoms with Gasteiger partial charge in [-0.25, -0.2) is 0 Å². The van der Waals surface area contributed by atoms with Crippen LogP contribution in [0.1, 0.15) is 5.56 Å². The van der Waals surface area contributed by atoms with Crippen molar-refractivity contribution in [1.29, 1.82) is 5.26 Å². The Bertz CT molecular complexity index is 335. The summed E-state index contributed by atoms with van der Waals surface area (Å²) in [5, 5.41) is 11.1. The summed E-state index contributed by atoms with van der Waals surface area (Å²) in [5.41, 5.74) is 0.991. The van der Waals surface area contributed by atoms with Crippen LogP contribution in [0.4, 0.5) is 0 Å². The molecular weight excluding hydrogens is 152 g/mol. The van der Waals surface area contributed by atoms with Gasteiger partial charge >= 0.3 is 0 Å². The molecule has 0 unspecified atom stereocenters.